The number of nitrogens with zero attached hydrogens (tertiary/aromatic N) is 2. The number of hydrogen-bond acceptors (Lipinski definition) is 3. The Kier molecular flexibility index (Phi) is 5.11. The van der Waals surface area contributed by atoms with Crippen LogP contribution in [0.5, 0.6) is 0 Å². The van der Waals surface area contributed by atoms with Gasteiger partial charge in [0.2, 0.25) is 5.91 Å². The average molecular weight is 308 g/mol. The fourth-order valence-corrected chi connectivity index (χ4v) is 2.77. The molecule has 6 heteroatoms. The molecule has 0 atom stereocenters. The van der Waals surface area contributed by atoms with Gasteiger partial charge in [-0.3, -0.25) is 24.3 Å². The summed E-state index contributed by atoms with van der Waals surface area (Å²) < 4.78 is 1.79. The number of piperidine rings is 1. The third-order valence-corrected chi connectivity index (χ3v) is 4.23. The lowest BCUT2D eigenvalue weighted by atomic mass is 9.95. The normalized spacial score (nSPS) is 16.7. The monoisotopic (exact) mass is 308 g/mol. The number of carbonyl (C=O) groups excluding carboxylic acids is 1. The quantitative estimate of drug-likeness (QED) is 0.882. The Morgan fingerprint density at radius 2 is 1.86 bits per heavy atom. The topological polar surface area (TPSA) is 70.1 Å². The first-order chi connectivity index (χ1) is 10.3. The zero-order valence-corrected chi connectivity index (χ0v) is 14.2. The van der Waals surface area contributed by atoms with Crippen LogP contribution < -0.4 is 10.9 Å². The van der Waals surface area contributed by atoms with Gasteiger partial charge in [0.1, 0.15) is 0 Å². The van der Waals surface area contributed by atoms with Gasteiger partial charge in [-0.25, -0.2) is 0 Å². The fraction of sp³-hybridized carbons (Fsp3) is 0.750. The molecular weight excluding hydrogens is 280 g/mol. The van der Waals surface area contributed by atoms with Crippen molar-refractivity contribution in [1.29, 1.82) is 0 Å². The second kappa shape index (κ2) is 6.69. The smallest absolute Gasteiger partial charge is 0.269 e. The van der Waals surface area contributed by atoms with E-state index in [2.05, 4.69) is 15.3 Å². The highest BCUT2D eigenvalue weighted by Crippen LogP contribution is 2.15. The summed E-state index contributed by atoms with van der Waals surface area (Å²) >= 11 is 0. The highest BCUT2D eigenvalue weighted by molar-refractivity contribution is 5.81. The van der Waals surface area contributed by atoms with E-state index in [0.717, 1.165) is 25.3 Å². The van der Waals surface area contributed by atoms with Gasteiger partial charge in [0.25, 0.3) is 5.56 Å². The van der Waals surface area contributed by atoms with E-state index in [1.807, 2.05) is 27.8 Å². The molecule has 1 aliphatic heterocycles. The number of nitrogens with one attached hydrogen (secondary N) is 2. The molecule has 0 radical (unpaired) electrons. The van der Waals surface area contributed by atoms with Gasteiger partial charge in [-0.2, -0.15) is 0 Å². The SMILES string of the molecule is Cn1[nH]c(=O)c(CNC(=O)C(C)(C)C)c1CN1CCCCC1. The van der Waals surface area contributed by atoms with E-state index in [9.17, 15) is 9.59 Å². The highest BCUT2D eigenvalue weighted by Gasteiger charge is 2.23. The summed E-state index contributed by atoms with van der Waals surface area (Å²) in [6.45, 7) is 8.80. The van der Waals surface area contributed by atoms with Crippen LogP contribution in [-0.2, 0) is 24.9 Å². The molecule has 0 aromatic carbocycles. The summed E-state index contributed by atoms with van der Waals surface area (Å²) in [5, 5.41) is 5.69. The van der Waals surface area contributed by atoms with Crippen LogP contribution in [0.2, 0.25) is 0 Å². The predicted molar refractivity (Wildman–Crippen MR) is 86.5 cm³/mol. The summed E-state index contributed by atoms with van der Waals surface area (Å²) in [4.78, 5) is 26.5. The molecule has 2 rings (SSSR count). The number of aryl methyl sites for hydroxylation is 1. The molecule has 1 aromatic heterocycles. The van der Waals surface area contributed by atoms with Crippen molar-refractivity contribution in [3.8, 4) is 0 Å². The van der Waals surface area contributed by atoms with Crippen molar-refractivity contribution in [1.82, 2.24) is 20.0 Å². The molecule has 2 heterocycles. The van der Waals surface area contributed by atoms with Crippen molar-refractivity contribution < 1.29 is 4.79 Å². The molecule has 124 valence electrons. The molecule has 1 aromatic rings. The second-order valence-electron chi connectivity index (χ2n) is 7.19. The summed E-state index contributed by atoms with van der Waals surface area (Å²) in [5.74, 6) is -0.0420. The Bertz CT molecular complexity index is 574. The van der Waals surface area contributed by atoms with E-state index in [1.54, 1.807) is 4.68 Å². The Morgan fingerprint density at radius 1 is 1.23 bits per heavy atom. The molecule has 1 saturated heterocycles. The lowest BCUT2D eigenvalue weighted by molar-refractivity contribution is -0.128. The van der Waals surface area contributed by atoms with Gasteiger partial charge in [0.15, 0.2) is 0 Å². The number of hydrogen-bond donors (Lipinski definition) is 2. The van der Waals surface area contributed by atoms with E-state index in [-0.39, 0.29) is 18.0 Å². The van der Waals surface area contributed by atoms with Crippen LogP contribution in [0.4, 0.5) is 0 Å². The van der Waals surface area contributed by atoms with Crippen molar-refractivity contribution in [3.63, 3.8) is 0 Å². The molecule has 2 N–H and O–H groups in total. The van der Waals surface area contributed by atoms with Crippen molar-refractivity contribution in [2.24, 2.45) is 12.5 Å². The first kappa shape index (κ1) is 16.8. The first-order valence-electron chi connectivity index (χ1n) is 8.06. The maximum absolute atomic E-state index is 12.1. The molecule has 1 amide bonds. The Morgan fingerprint density at radius 3 is 2.45 bits per heavy atom. The van der Waals surface area contributed by atoms with E-state index in [1.165, 1.54) is 19.3 Å². The molecule has 0 unspecified atom stereocenters. The maximum Gasteiger partial charge on any atom is 0.269 e. The van der Waals surface area contributed by atoms with Crippen LogP contribution in [0.25, 0.3) is 0 Å². The maximum atomic E-state index is 12.1. The first-order valence-corrected chi connectivity index (χ1v) is 8.06. The van der Waals surface area contributed by atoms with Crippen molar-refractivity contribution >= 4 is 5.91 Å². The predicted octanol–water partition coefficient (Wildman–Crippen LogP) is 1.36. The van der Waals surface area contributed by atoms with E-state index < -0.39 is 5.41 Å². The molecule has 6 nitrogen and oxygen atoms in total. The number of likely N-dealkylation sites (tertiary alicyclic amines) is 1. The molecule has 0 aliphatic carbocycles. The highest BCUT2D eigenvalue weighted by atomic mass is 16.2. The minimum Gasteiger partial charge on any atom is -0.351 e. The molecule has 1 fully saturated rings. The van der Waals surface area contributed by atoms with Gasteiger partial charge in [-0.1, -0.05) is 27.2 Å². The van der Waals surface area contributed by atoms with Gasteiger partial charge in [0.05, 0.1) is 17.8 Å². The molecule has 22 heavy (non-hydrogen) atoms. The van der Waals surface area contributed by atoms with Crippen LogP contribution in [-0.4, -0.2) is 33.7 Å². The van der Waals surface area contributed by atoms with E-state index in [4.69, 9.17) is 0 Å². The van der Waals surface area contributed by atoms with Gasteiger partial charge >= 0.3 is 0 Å². The Labute approximate surface area is 131 Å². The minimum absolute atomic E-state index is 0.0420. The van der Waals surface area contributed by atoms with Crippen LogP contribution in [0.15, 0.2) is 4.79 Å². The molecule has 0 bridgehead atoms. The largest absolute Gasteiger partial charge is 0.351 e. The fourth-order valence-electron chi connectivity index (χ4n) is 2.77. The van der Waals surface area contributed by atoms with Crippen LogP contribution in [0.1, 0.15) is 51.3 Å². The second-order valence-corrected chi connectivity index (χ2v) is 7.19. The van der Waals surface area contributed by atoms with E-state index >= 15 is 0 Å². The van der Waals surface area contributed by atoms with Crippen LogP contribution in [0, 0.1) is 5.41 Å². The zero-order chi connectivity index (χ0) is 16.3. The van der Waals surface area contributed by atoms with Gasteiger partial charge in [-0.05, 0) is 25.9 Å². The standard InChI is InChI=1S/C16H28N4O2/c1-16(2,3)15(22)17-10-12-13(19(4)18-14(12)21)11-20-8-6-5-7-9-20/h5-11H2,1-4H3,(H,17,22)(H,18,21). The van der Waals surface area contributed by atoms with Crippen molar-refractivity contribution in [2.75, 3.05) is 13.1 Å². The molecule has 0 spiro atoms. The number of H-pyrrole nitrogens is 1. The lowest BCUT2D eigenvalue weighted by Gasteiger charge is -2.26. The average Bonchev–Trinajstić information content (AvgIpc) is 2.71. The van der Waals surface area contributed by atoms with Crippen LogP contribution in [0.3, 0.4) is 0 Å². The van der Waals surface area contributed by atoms with Gasteiger partial charge in [0, 0.05) is 19.0 Å². The summed E-state index contributed by atoms with van der Waals surface area (Å²) in [6, 6.07) is 0. The number of aromatic nitrogens is 2. The van der Waals surface area contributed by atoms with Gasteiger partial charge in [-0.15, -0.1) is 0 Å². The number of carbonyl (C=O) groups is 1. The van der Waals surface area contributed by atoms with Crippen molar-refractivity contribution in [3.05, 3.63) is 21.6 Å². The number of amides is 1. The molecule has 0 saturated carbocycles. The Balaban J connectivity index is 2.10. The zero-order valence-electron chi connectivity index (χ0n) is 14.2. The number of aromatic amines is 1. The third-order valence-electron chi connectivity index (χ3n) is 4.23. The minimum atomic E-state index is -0.450. The van der Waals surface area contributed by atoms with Gasteiger partial charge < -0.3 is 5.32 Å². The molecule has 1 aliphatic rings. The lowest BCUT2D eigenvalue weighted by Crippen LogP contribution is -2.36. The van der Waals surface area contributed by atoms with Crippen LogP contribution >= 0.6 is 0 Å². The Hall–Kier alpha value is -1.56. The number of rotatable bonds is 4. The summed E-state index contributed by atoms with van der Waals surface area (Å²) in [6.07, 6.45) is 3.72. The molecular formula is C16H28N4O2. The third kappa shape index (κ3) is 4.00. The van der Waals surface area contributed by atoms with Crippen molar-refractivity contribution in [2.45, 2.75) is 53.1 Å². The summed E-state index contributed by atoms with van der Waals surface area (Å²) in [5.41, 5.74) is 1.09. The summed E-state index contributed by atoms with van der Waals surface area (Å²) in [7, 11) is 1.86. The van der Waals surface area contributed by atoms with E-state index in [0.29, 0.717) is 5.56 Å².